The molecule has 32 heavy (non-hydrogen) atoms. The highest BCUT2D eigenvalue weighted by Gasteiger charge is 2.20. The first-order valence-electron chi connectivity index (χ1n) is 9.61. The van der Waals surface area contributed by atoms with Gasteiger partial charge in [0.1, 0.15) is 11.6 Å². The molecular formula is C22H16FN3O5S. The van der Waals surface area contributed by atoms with Gasteiger partial charge in [0, 0.05) is 11.8 Å². The number of benzene rings is 2. The van der Waals surface area contributed by atoms with Crippen molar-refractivity contribution >= 4 is 34.3 Å². The lowest BCUT2D eigenvalue weighted by Gasteiger charge is -2.12. The van der Waals surface area contributed by atoms with Crippen LogP contribution in [0.1, 0.15) is 5.76 Å². The van der Waals surface area contributed by atoms with Crippen LogP contribution < -0.4 is 20.3 Å². The van der Waals surface area contributed by atoms with Crippen LogP contribution in [-0.4, -0.2) is 28.0 Å². The topological polar surface area (TPSA) is 95.6 Å². The van der Waals surface area contributed by atoms with Gasteiger partial charge >= 0.3 is 0 Å². The van der Waals surface area contributed by atoms with Gasteiger partial charge in [-0.3, -0.25) is 14.2 Å². The van der Waals surface area contributed by atoms with Gasteiger partial charge in [0.25, 0.3) is 5.56 Å². The van der Waals surface area contributed by atoms with Gasteiger partial charge in [0.05, 0.1) is 29.5 Å². The maximum atomic E-state index is 13.3. The van der Waals surface area contributed by atoms with Crippen LogP contribution in [0, 0.1) is 5.82 Å². The molecule has 0 saturated heterocycles. The number of halogens is 1. The molecule has 1 N–H and O–H groups in total. The van der Waals surface area contributed by atoms with Crippen LogP contribution in [0.4, 0.5) is 10.1 Å². The van der Waals surface area contributed by atoms with Crippen molar-refractivity contribution in [3.8, 4) is 11.5 Å². The summed E-state index contributed by atoms with van der Waals surface area (Å²) in [4.78, 5) is 30.3. The third kappa shape index (κ3) is 4.04. The fraction of sp³-hybridized carbons (Fsp3) is 0.136. The molecule has 0 radical (unpaired) electrons. The molecule has 5 rings (SSSR count). The molecule has 0 fully saturated rings. The fourth-order valence-corrected chi connectivity index (χ4v) is 4.06. The van der Waals surface area contributed by atoms with Crippen LogP contribution in [0.25, 0.3) is 10.9 Å². The van der Waals surface area contributed by atoms with Gasteiger partial charge < -0.3 is 19.2 Å². The van der Waals surface area contributed by atoms with Gasteiger partial charge in [0.2, 0.25) is 12.7 Å². The number of thioether (sulfide) groups is 1. The second kappa shape index (κ2) is 8.39. The molecule has 8 nitrogen and oxygen atoms in total. The van der Waals surface area contributed by atoms with Crippen molar-refractivity contribution in [2.75, 3.05) is 17.9 Å². The molecule has 2 aromatic carbocycles. The van der Waals surface area contributed by atoms with Crippen LogP contribution in [0.3, 0.4) is 0 Å². The number of amides is 1. The summed E-state index contributed by atoms with van der Waals surface area (Å²) in [5.41, 5.74) is 0.631. The lowest BCUT2D eigenvalue weighted by molar-refractivity contribution is -0.113. The summed E-state index contributed by atoms with van der Waals surface area (Å²) in [6.45, 7) is 0.239. The summed E-state index contributed by atoms with van der Waals surface area (Å²) in [5, 5.41) is 3.42. The van der Waals surface area contributed by atoms with E-state index in [1.54, 1.807) is 24.3 Å². The highest BCUT2D eigenvalue weighted by atomic mass is 32.2. The number of hydrogen-bond acceptors (Lipinski definition) is 7. The van der Waals surface area contributed by atoms with E-state index in [2.05, 4.69) is 10.3 Å². The summed E-state index contributed by atoms with van der Waals surface area (Å²) in [5.74, 6) is 0.870. The predicted octanol–water partition coefficient (Wildman–Crippen LogP) is 3.64. The van der Waals surface area contributed by atoms with E-state index < -0.39 is 0 Å². The molecule has 0 atom stereocenters. The monoisotopic (exact) mass is 453 g/mol. The first-order valence-corrected chi connectivity index (χ1v) is 10.6. The third-order valence-electron chi connectivity index (χ3n) is 4.77. The Morgan fingerprint density at radius 1 is 1.16 bits per heavy atom. The van der Waals surface area contributed by atoms with Crippen molar-refractivity contribution in [3.63, 3.8) is 0 Å². The number of anilines is 1. The average molecular weight is 453 g/mol. The maximum Gasteiger partial charge on any atom is 0.262 e. The normalized spacial score (nSPS) is 12.3. The Balaban J connectivity index is 1.45. The van der Waals surface area contributed by atoms with E-state index in [-0.39, 0.29) is 36.4 Å². The molecule has 3 heterocycles. The van der Waals surface area contributed by atoms with Gasteiger partial charge in [-0.2, -0.15) is 0 Å². The summed E-state index contributed by atoms with van der Waals surface area (Å²) < 4.78 is 30.7. The van der Waals surface area contributed by atoms with Crippen molar-refractivity contribution < 1.29 is 23.1 Å². The van der Waals surface area contributed by atoms with E-state index in [1.165, 1.54) is 35.1 Å². The van der Waals surface area contributed by atoms with Gasteiger partial charge in [-0.05, 0) is 42.5 Å². The Bertz CT molecular complexity index is 1350. The lowest BCUT2D eigenvalue weighted by Crippen LogP contribution is -2.24. The molecule has 2 aromatic heterocycles. The zero-order valence-corrected chi connectivity index (χ0v) is 17.4. The Morgan fingerprint density at radius 3 is 2.69 bits per heavy atom. The quantitative estimate of drug-likeness (QED) is 0.352. The number of nitrogens with one attached hydrogen (secondary N) is 1. The highest BCUT2D eigenvalue weighted by molar-refractivity contribution is 7.99. The van der Waals surface area contributed by atoms with Crippen LogP contribution in [0.2, 0.25) is 0 Å². The summed E-state index contributed by atoms with van der Waals surface area (Å²) in [6, 6.07) is 12.2. The van der Waals surface area contributed by atoms with E-state index in [1.807, 2.05) is 0 Å². The minimum Gasteiger partial charge on any atom is -0.467 e. The number of rotatable bonds is 6. The number of fused-ring (bicyclic) bond motifs is 2. The third-order valence-corrected chi connectivity index (χ3v) is 5.74. The molecule has 162 valence electrons. The van der Waals surface area contributed by atoms with Gasteiger partial charge in [-0.25, -0.2) is 9.37 Å². The fourth-order valence-electron chi connectivity index (χ4n) is 3.26. The minimum atomic E-state index is -0.388. The number of nitrogens with zero attached hydrogens (tertiary/aromatic N) is 2. The zero-order valence-electron chi connectivity index (χ0n) is 16.5. The zero-order chi connectivity index (χ0) is 22.1. The standard InChI is InChI=1S/C22H16FN3O5S/c23-13-3-5-14(6-4-13)24-20(27)11-32-22-25-17-9-19-18(30-12-31-19)8-16(17)21(28)26(22)10-15-2-1-7-29-15/h1-9H,10-12H2,(H,24,27). The second-order valence-corrected chi connectivity index (χ2v) is 7.87. The lowest BCUT2D eigenvalue weighted by atomic mass is 10.2. The summed E-state index contributed by atoms with van der Waals surface area (Å²) >= 11 is 1.11. The predicted molar refractivity (Wildman–Crippen MR) is 116 cm³/mol. The first kappa shape index (κ1) is 20.1. The van der Waals surface area contributed by atoms with E-state index in [0.29, 0.717) is 39.0 Å². The summed E-state index contributed by atoms with van der Waals surface area (Å²) in [6.07, 6.45) is 1.52. The Hall–Kier alpha value is -3.79. The van der Waals surface area contributed by atoms with Crippen molar-refractivity contribution in [3.05, 3.63) is 76.7 Å². The highest BCUT2D eigenvalue weighted by Crippen LogP contribution is 2.35. The van der Waals surface area contributed by atoms with E-state index in [4.69, 9.17) is 13.9 Å². The van der Waals surface area contributed by atoms with Gasteiger partial charge in [-0.15, -0.1) is 0 Å². The minimum absolute atomic E-state index is 0.00195. The van der Waals surface area contributed by atoms with Crippen LogP contribution in [-0.2, 0) is 11.3 Å². The van der Waals surface area contributed by atoms with Crippen LogP contribution in [0.15, 0.2) is 69.2 Å². The molecular weight excluding hydrogens is 437 g/mol. The molecule has 0 unspecified atom stereocenters. The molecule has 1 amide bonds. The first-order chi connectivity index (χ1) is 15.6. The number of carbonyl (C=O) groups excluding carboxylic acids is 1. The SMILES string of the molecule is O=C(CSc1nc2cc3c(cc2c(=O)n1Cc1ccco1)OCO3)Nc1ccc(F)cc1. The Labute approximate surface area is 185 Å². The maximum absolute atomic E-state index is 13.3. The number of furan rings is 1. The molecule has 10 heteroatoms. The number of hydrogen-bond donors (Lipinski definition) is 1. The molecule has 0 aliphatic carbocycles. The van der Waals surface area contributed by atoms with Crippen LogP contribution in [0.5, 0.6) is 11.5 Å². The molecule has 0 saturated carbocycles. The van der Waals surface area contributed by atoms with Crippen LogP contribution >= 0.6 is 11.8 Å². The largest absolute Gasteiger partial charge is 0.467 e. The molecule has 4 aromatic rings. The summed E-state index contributed by atoms with van der Waals surface area (Å²) in [7, 11) is 0. The van der Waals surface area contributed by atoms with E-state index in [0.717, 1.165) is 11.8 Å². The molecule has 1 aliphatic rings. The molecule has 0 spiro atoms. The average Bonchev–Trinajstić information content (AvgIpc) is 3.46. The van der Waals surface area contributed by atoms with Gasteiger partial charge in [0.15, 0.2) is 16.7 Å². The second-order valence-electron chi connectivity index (χ2n) is 6.93. The number of carbonyl (C=O) groups is 1. The smallest absolute Gasteiger partial charge is 0.262 e. The van der Waals surface area contributed by atoms with E-state index >= 15 is 0 Å². The van der Waals surface area contributed by atoms with Crippen molar-refractivity contribution in [1.82, 2.24) is 9.55 Å². The molecule has 0 bridgehead atoms. The Morgan fingerprint density at radius 2 is 1.94 bits per heavy atom. The Kier molecular flexibility index (Phi) is 5.28. The van der Waals surface area contributed by atoms with Crippen molar-refractivity contribution in [2.24, 2.45) is 0 Å². The van der Waals surface area contributed by atoms with Crippen molar-refractivity contribution in [2.45, 2.75) is 11.7 Å². The number of ether oxygens (including phenoxy) is 2. The van der Waals surface area contributed by atoms with Crippen molar-refractivity contribution in [1.29, 1.82) is 0 Å². The molecule has 1 aliphatic heterocycles. The van der Waals surface area contributed by atoms with Gasteiger partial charge in [-0.1, -0.05) is 11.8 Å². The van der Waals surface area contributed by atoms with E-state index in [9.17, 15) is 14.0 Å². The number of aromatic nitrogens is 2.